The predicted octanol–water partition coefficient (Wildman–Crippen LogP) is 3.17. The van der Waals surface area contributed by atoms with E-state index in [2.05, 4.69) is 4.98 Å². The molecular weight excluding hydrogens is 250 g/mol. The Morgan fingerprint density at radius 3 is 2.89 bits per heavy atom. The third-order valence-corrected chi connectivity index (χ3v) is 4.44. The van der Waals surface area contributed by atoms with Gasteiger partial charge in [-0.2, -0.15) is 0 Å². The Balaban J connectivity index is 1.68. The largest absolute Gasteiger partial charge is 0.481 e. The molecule has 4 nitrogen and oxygen atoms in total. The van der Waals surface area contributed by atoms with Gasteiger partial charge in [0.25, 0.3) is 5.22 Å². The van der Waals surface area contributed by atoms with Gasteiger partial charge in [0.15, 0.2) is 5.58 Å². The van der Waals surface area contributed by atoms with E-state index in [4.69, 9.17) is 9.52 Å². The lowest BCUT2D eigenvalue weighted by Gasteiger charge is -2.09. The Kier molecular flexibility index (Phi) is 2.78. The van der Waals surface area contributed by atoms with Crippen LogP contribution in [0.3, 0.4) is 0 Å². The molecule has 0 atom stereocenters. The van der Waals surface area contributed by atoms with Crippen molar-refractivity contribution in [1.82, 2.24) is 4.98 Å². The SMILES string of the molecule is O=C(O)CC1(CSc2nc3ccccc3o2)CC1. The maximum Gasteiger partial charge on any atom is 0.303 e. The van der Waals surface area contributed by atoms with Crippen LogP contribution in [-0.4, -0.2) is 21.8 Å². The van der Waals surface area contributed by atoms with Gasteiger partial charge >= 0.3 is 5.97 Å². The summed E-state index contributed by atoms with van der Waals surface area (Å²) in [4.78, 5) is 15.1. The van der Waals surface area contributed by atoms with Crippen LogP contribution in [0, 0.1) is 5.41 Å². The van der Waals surface area contributed by atoms with Crippen molar-refractivity contribution >= 4 is 28.8 Å². The number of benzene rings is 1. The molecule has 3 rings (SSSR count). The third kappa shape index (κ3) is 2.36. The number of carbonyl (C=O) groups is 1. The van der Waals surface area contributed by atoms with Crippen molar-refractivity contribution in [3.8, 4) is 0 Å². The molecule has 0 unspecified atom stereocenters. The Labute approximate surface area is 108 Å². The minimum atomic E-state index is -0.717. The molecule has 18 heavy (non-hydrogen) atoms. The Morgan fingerprint density at radius 1 is 1.44 bits per heavy atom. The van der Waals surface area contributed by atoms with Gasteiger partial charge in [0.1, 0.15) is 5.52 Å². The zero-order chi connectivity index (χ0) is 12.6. The molecule has 94 valence electrons. The summed E-state index contributed by atoms with van der Waals surface area (Å²) in [6.45, 7) is 0. The number of nitrogens with zero attached hydrogens (tertiary/aromatic N) is 1. The number of para-hydroxylation sites is 2. The number of carboxylic acids is 1. The lowest BCUT2D eigenvalue weighted by atomic mass is 10.1. The molecule has 0 spiro atoms. The van der Waals surface area contributed by atoms with Gasteiger partial charge in [-0.05, 0) is 30.4 Å². The van der Waals surface area contributed by atoms with E-state index in [9.17, 15) is 4.79 Å². The van der Waals surface area contributed by atoms with Gasteiger partial charge in [0.05, 0.1) is 6.42 Å². The molecule has 1 heterocycles. The van der Waals surface area contributed by atoms with Crippen LogP contribution < -0.4 is 0 Å². The number of fused-ring (bicyclic) bond motifs is 1. The highest BCUT2D eigenvalue weighted by atomic mass is 32.2. The summed E-state index contributed by atoms with van der Waals surface area (Å²) in [5, 5.41) is 9.48. The Bertz CT molecular complexity index is 556. The molecule has 1 aliphatic rings. The molecule has 0 aliphatic heterocycles. The van der Waals surface area contributed by atoms with Crippen LogP contribution in [0.1, 0.15) is 19.3 Å². The first-order chi connectivity index (χ1) is 8.67. The van der Waals surface area contributed by atoms with Gasteiger partial charge in [-0.15, -0.1) is 0 Å². The van der Waals surface area contributed by atoms with Gasteiger partial charge < -0.3 is 9.52 Å². The summed E-state index contributed by atoms with van der Waals surface area (Å²) >= 11 is 1.52. The van der Waals surface area contributed by atoms with Crippen molar-refractivity contribution in [3.05, 3.63) is 24.3 Å². The summed E-state index contributed by atoms with van der Waals surface area (Å²) in [5.74, 6) is 0.0530. The summed E-state index contributed by atoms with van der Waals surface area (Å²) < 4.78 is 5.60. The fourth-order valence-corrected chi connectivity index (χ4v) is 3.13. The predicted molar refractivity (Wildman–Crippen MR) is 68.7 cm³/mol. The maximum absolute atomic E-state index is 10.8. The molecule has 2 aromatic rings. The van der Waals surface area contributed by atoms with E-state index in [1.165, 1.54) is 11.8 Å². The highest BCUT2D eigenvalue weighted by Gasteiger charge is 2.44. The zero-order valence-electron chi connectivity index (χ0n) is 9.76. The molecular formula is C13H13NO3S. The molecule has 0 radical (unpaired) electrons. The normalized spacial score (nSPS) is 16.9. The molecule has 1 N–H and O–H groups in total. The molecule has 0 saturated heterocycles. The van der Waals surface area contributed by atoms with E-state index in [-0.39, 0.29) is 11.8 Å². The van der Waals surface area contributed by atoms with E-state index in [0.29, 0.717) is 5.22 Å². The Hall–Kier alpha value is -1.49. The lowest BCUT2D eigenvalue weighted by Crippen LogP contribution is -2.10. The number of carboxylic acid groups (broad SMARTS) is 1. The van der Waals surface area contributed by atoms with Gasteiger partial charge in [0.2, 0.25) is 0 Å². The van der Waals surface area contributed by atoms with E-state index in [0.717, 1.165) is 29.7 Å². The van der Waals surface area contributed by atoms with Crippen LogP contribution in [0.15, 0.2) is 33.9 Å². The van der Waals surface area contributed by atoms with Gasteiger partial charge in [0, 0.05) is 5.75 Å². The van der Waals surface area contributed by atoms with Gasteiger partial charge in [-0.3, -0.25) is 4.79 Å². The van der Waals surface area contributed by atoms with E-state index < -0.39 is 5.97 Å². The van der Waals surface area contributed by atoms with Crippen LogP contribution >= 0.6 is 11.8 Å². The molecule has 0 bridgehead atoms. The zero-order valence-corrected chi connectivity index (χ0v) is 10.6. The number of thioether (sulfide) groups is 1. The second-order valence-electron chi connectivity index (χ2n) is 4.81. The lowest BCUT2D eigenvalue weighted by molar-refractivity contribution is -0.138. The van der Waals surface area contributed by atoms with Crippen LogP contribution in [0.4, 0.5) is 0 Å². The second-order valence-corrected chi connectivity index (χ2v) is 5.73. The first kappa shape index (κ1) is 11.6. The minimum Gasteiger partial charge on any atom is -0.481 e. The monoisotopic (exact) mass is 263 g/mol. The van der Waals surface area contributed by atoms with Crippen molar-refractivity contribution in [1.29, 1.82) is 0 Å². The molecule has 1 saturated carbocycles. The number of aromatic nitrogens is 1. The highest BCUT2D eigenvalue weighted by molar-refractivity contribution is 7.99. The maximum atomic E-state index is 10.8. The first-order valence-corrected chi connectivity index (χ1v) is 6.86. The van der Waals surface area contributed by atoms with Crippen molar-refractivity contribution in [2.75, 3.05) is 5.75 Å². The fourth-order valence-electron chi connectivity index (χ4n) is 2.00. The number of hydrogen-bond donors (Lipinski definition) is 1. The first-order valence-electron chi connectivity index (χ1n) is 5.87. The molecule has 1 aromatic carbocycles. The molecule has 1 fully saturated rings. The van der Waals surface area contributed by atoms with Gasteiger partial charge in [-0.1, -0.05) is 23.9 Å². The topological polar surface area (TPSA) is 63.3 Å². The third-order valence-electron chi connectivity index (χ3n) is 3.26. The molecule has 0 amide bonds. The number of oxazole rings is 1. The number of rotatable bonds is 5. The van der Waals surface area contributed by atoms with Crippen LogP contribution in [-0.2, 0) is 4.79 Å². The molecule has 5 heteroatoms. The average molecular weight is 263 g/mol. The fraction of sp³-hybridized carbons (Fsp3) is 0.385. The summed E-state index contributed by atoms with van der Waals surface area (Å²) in [6.07, 6.45) is 2.24. The van der Waals surface area contributed by atoms with Crippen LogP contribution in [0.5, 0.6) is 0 Å². The van der Waals surface area contributed by atoms with Crippen LogP contribution in [0.2, 0.25) is 0 Å². The van der Waals surface area contributed by atoms with Crippen molar-refractivity contribution in [2.45, 2.75) is 24.5 Å². The van der Waals surface area contributed by atoms with Crippen molar-refractivity contribution in [2.24, 2.45) is 5.41 Å². The summed E-state index contributed by atoms with van der Waals surface area (Å²) in [6, 6.07) is 7.63. The average Bonchev–Trinajstić information content (AvgIpc) is 2.95. The summed E-state index contributed by atoms with van der Waals surface area (Å²) in [7, 11) is 0. The smallest absolute Gasteiger partial charge is 0.303 e. The van der Waals surface area contributed by atoms with Gasteiger partial charge in [-0.25, -0.2) is 4.98 Å². The molecule has 1 aromatic heterocycles. The highest BCUT2D eigenvalue weighted by Crippen LogP contribution is 2.51. The van der Waals surface area contributed by atoms with Crippen LogP contribution in [0.25, 0.3) is 11.1 Å². The minimum absolute atomic E-state index is 0.0306. The van der Waals surface area contributed by atoms with E-state index in [1.807, 2.05) is 24.3 Å². The number of hydrogen-bond acceptors (Lipinski definition) is 4. The summed E-state index contributed by atoms with van der Waals surface area (Å²) in [5.41, 5.74) is 1.60. The Morgan fingerprint density at radius 2 is 2.22 bits per heavy atom. The van der Waals surface area contributed by atoms with Crippen molar-refractivity contribution < 1.29 is 14.3 Å². The standard InChI is InChI=1S/C13H13NO3S/c15-11(16)7-13(5-6-13)8-18-12-14-9-3-1-2-4-10(9)17-12/h1-4H,5-8H2,(H,15,16). The van der Waals surface area contributed by atoms with Crippen molar-refractivity contribution in [3.63, 3.8) is 0 Å². The molecule has 1 aliphatic carbocycles. The van der Waals surface area contributed by atoms with E-state index in [1.54, 1.807) is 0 Å². The second kappa shape index (κ2) is 4.31. The number of aliphatic carboxylic acids is 1. The quantitative estimate of drug-likeness (QED) is 0.839. The van der Waals surface area contributed by atoms with E-state index >= 15 is 0 Å².